The number of fused-ring (bicyclic) bond motifs is 3. The molecule has 0 aliphatic heterocycles. The maximum atomic E-state index is 13.0. The van der Waals surface area contributed by atoms with Crippen LogP contribution >= 0.6 is 0 Å². The summed E-state index contributed by atoms with van der Waals surface area (Å²) in [5, 5.41) is 20.4. The highest BCUT2D eigenvalue weighted by atomic mass is 16.3. The van der Waals surface area contributed by atoms with Crippen LogP contribution in [-0.2, 0) is 9.59 Å². The Balaban J connectivity index is 1.81. The van der Waals surface area contributed by atoms with E-state index in [0.717, 1.165) is 24.8 Å². The summed E-state index contributed by atoms with van der Waals surface area (Å²) >= 11 is 0. The summed E-state index contributed by atoms with van der Waals surface area (Å²) in [7, 11) is 0. The Labute approximate surface area is 143 Å². The first-order valence-electron chi connectivity index (χ1n) is 9.25. The minimum Gasteiger partial charge on any atom is -0.395 e. The number of hydrogen-bond donors (Lipinski definition) is 2. The minimum absolute atomic E-state index is 0.0124. The molecule has 132 valence electrons. The van der Waals surface area contributed by atoms with Crippen molar-refractivity contribution in [2.75, 3.05) is 6.61 Å². The Bertz CT molecular complexity index is 640. The van der Waals surface area contributed by atoms with Crippen LogP contribution in [0.5, 0.6) is 0 Å². The fraction of sp³-hybridized carbons (Fsp3) is 0.800. The molecule has 1 spiro atoms. The molecule has 4 heteroatoms. The highest BCUT2D eigenvalue weighted by molar-refractivity contribution is 5.93. The predicted molar refractivity (Wildman–Crippen MR) is 89.1 cm³/mol. The lowest BCUT2D eigenvalue weighted by molar-refractivity contribution is -0.198. The molecular weight excluding hydrogens is 304 g/mol. The second-order valence-electron chi connectivity index (χ2n) is 9.29. The van der Waals surface area contributed by atoms with Crippen molar-refractivity contribution in [3.05, 3.63) is 12.2 Å². The van der Waals surface area contributed by atoms with Crippen molar-refractivity contribution in [3.8, 4) is 0 Å². The molecule has 4 nitrogen and oxygen atoms in total. The lowest BCUT2D eigenvalue weighted by Gasteiger charge is -2.67. The van der Waals surface area contributed by atoms with Crippen LogP contribution in [0.15, 0.2) is 12.2 Å². The van der Waals surface area contributed by atoms with Crippen LogP contribution < -0.4 is 0 Å². The first kappa shape index (κ1) is 16.5. The lowest BCUT2D eigenvalue weighted by Crippen LogP contribution is -2.67. The molecule has 0 amide bonds. The van der Waals surface area contributed by atoms with Crippen LogP contribution in [0.4, 0.5) is 0 Å². The summed E-state index contributed by atoms with van der Waals surface area (Å²) in [6.07, 6.45) is 3.37. The summed E-state index contributed by atoms with van der Waals surface area (Å²) in [6.45, 7) is 8.17. The fourth-order valence-corrected chi connectivity index (χ4v) is 7.11. The Kier molecular flexibility index (Phi) is 3.29. The first-order valence-corrected chi connectivity index (χ1v) is 9.25. The summed E-state index contributed by atoms with van der Waals surface area (Å²) in [6, 6.07) is 0. The van der Waals surface area contributed by atoms with Crippen molar-refractivity contribution in [2.45, 2.75) is 58.5 Å². The molecule has 7 unspecified atom stereocenters. The Morgan fingerprint density at radius 3 is 2.58 bits per heavy atom. The van der Waals surface area contributed by atoms with E-state index in [0.29, 0.717) is 19.3 Å². The summed E-state index contributed by atoms with van der Waals surface area (Å²) < 4.78 is 0. The average molecular weight is 332 g/mol. The van der Waals surface area contributed by atoms with E-state index in [4.69, 9.17) is 0 Å². The van der Waals surface area contributed by atoms with Gasteiger partial charge in [-0.1, -0.05) is 26.0 Å². The number of carbonyl (C=O) groups is 2. The molecule has 0 aromatic heterocycles. The van der Waals surface area contributed by atoms with Gasteiger partial charge in [0.25, 0.3) is 0 Å². The molecular formula is C20H28O4. The zero-order valence-electron chi connectivity index (χ0n) is 14.7. The third kappa shape index (κ3) is 1.67. The molecule has 2 N–H and O–H groups in total. The maximum Gasteiger partial charge on any atom is 0.168 e. The van der Waals surface area contributed by atoms with E-state index in [-0.39, 0.29) is 41.3 Å². The van der Waals surface area contributed by atoms with Gasteiger partial charge in [0.05, 0.1) is 12.0 Å². The minimum atomic E-state index is -0.892. The average Bonchev–Trinajstić information content (AvgIpc) is 2.55. The van der Waals surface area contributed by atoms with Crippen molar-refractivity contribution in [3.63, 3.8) is 0 Å². The Morgan fingerprint density at radius 2 is 1.92 bits per heavy atom. The third-order valence-electron chi connectivity index (χ3n) is 8.46. The van der Waals surface area contributed by atoms with Gasteiger partial charge in [-0.3, -0.25) is 9.59 Å². The van der Waals surface area contributed by atoms with Gasteiger partial charge >= 0.3 is 0 Å². The third-order valence-corrected chi connectivity index (χ3v) is 8.46. The van der Waals surface area contributed by atoms with Gasteiger partial charge in [0.15, 0.2) is 5.78 Å². The van der Waals surface area contributed by atoms with Crippen LogP contribution in [0, 0.1) is 34.0 Å². The molecule has 5 aliphatic carbocycles. The monoisotopic (exact) mass is 332 g/mol. The summed E-state index contributed by atoms with van der Waals surface area (Å²) in [4.78, 5) is 25.5. The molecule has 5 rings (SSSR count). The van der Waals surface area contributed by atoms with E-state index in [1.54, 1.807) is 0 Å². The Morgan fingerprint density at radius 1 is 1.21 bits per heavy atom. The summed E-state index contributed by atoms with van der Waals surface area (Å²) in [5.74, 6) is 0.357. The number of ketones is 2. The molecule has 0 radical (unpaired) electrons. The molecule has 0 saturated heterocycles. The Hall–Kier alpha value is -1.00. The highest BCUT2D eigenvalue weighted by Crippen LogP contribution is 2.70. The fourth-order valence-electron chi connectivity index (χ4n) is 7.11. The van der Waals surface area contributed by atoms with E-state index >= 15 is 0 Å². The van der Waals surface area contributed by atoms with Crippen LogP contribution in [-0.4, -0.2) is 34.5 Å². The van der Waals surface area contributed by atoms with Gasteiger partial charge in [-0.05, 0) is 49.4 Å². The number of aliphatic hydroxyl groups excluding tert-OH is 2. The largest absolute Gasteiger partial charge is 0.395 e. The van der Waals surface area contributed by atoms with Crippen LogP contribution in [0.1, 0.15) is 52.4 Å². The molecule has 0 aromatic rings. The number of Topliss-reactive ketones (excluding diaryl/α,β-unsaturated/α-hetero) is 2. The smallest absolute Gasteiger partial charge is 0.168 e. The van der Waals surface area contributed by atoms with Crippen molar-refractivity contribution < 1.29 is 19.8 Å². The van der Waals surface area contributed by atoms with E-state index < -0.39 is 16.9 Å². The van der Waals surface area contributed by atoms with E-state index in [2.05, 4.69) is 13.5 Å². The van der Waals surface area contributed by atoms with Gasteiger partial charge in [0.2, 0.25) is 0 Å². The van der Waals surface area contributed by atoms with Crippen molar-refractivity contribution in [1.29, 1.82) is 0 Å². The second-order valence-corrected chi connectivity index (χ2v) is 9.29. The summed E-state index contributed by atoms with van der Waals surface area (Å²) in [5.41, 5.74) is -0.285. The lowest BCUT2D eigenvalue weighted by atomic mass is 9.36. The standard InChI is InChI=1S/C20H28O4/c1-11-9-20-7-4-13-18(2,6-5-15(22)19(13,3)10-21)14(20)8-12(11)16(23)17(20)24/h12-14,16,21,23H,1,4-10H2,2-3H3. The number of hydrogen-bond acceptors (Lipinski definition) is 4. The van der Waals surface area contributed by atoms with Gasteiger partial charge in [0.1, 0.15) is 11.9 Å². The van der Waals surface area contributed by atoms with Crippen LogP contribution in [0.2, 0.25) is 0 Å². The van der Waals surface area contributed by atoms with Gasteiger partial charge in [0, 0.05) is 17.8 Å². The maximum absolute atomic E-state index is 13.0. The zero-order chi connectivity index (χ0) is 17.5. The number of rotatable bonds is 1. The normalized spacial score (nSPS) is 53.8. The van der Waals surface area contributed by atoms with Gasteiger partial charge in [-0.2, -0.15) is 0 Å². The van der Waals surface area contributed by atoms with Crippen molar-refractivity contribution in [1.82, 2.24) is 0 Å². The molecule has 5 saturated carbocycles. The topological polar surface area (TPSA) is 74.6 Å². The molecule has 0 aromatic carbocycles. The molecule has 7 atom stereocenters. The van der Waals surface area contributed by atoms with Gasteiger partial charge in [-0.25, -0.2) is 0 Å². The predicted octanol–water partition coefficient (Wildman–Crippen LogP) is 2.28. The highest BCUT2D eigenvalue weighted by Gasteiger charge is 2.69. The number of aliphatic hydroxyl groups is 2. The van der Waals surface area contributed by atoms with Crippen LogP contribution in [0.3, 0.4) is 0 Å². The molecule has 5 aliphatic rings. The zero-order valence-corrected chi connectivity index (χ0v) is 14.7. The van der Waals surface area contributed by atoms with Crippen molar-refractivity contribution >= 4 is 11.6 Å². The van der Waals surface area contributed by atoms with E-state index in [1.165, 1.54) is 0 Å². The second kappa shape index (κ2) is 4.79. The quantitative estimate of drug-likeness (QED) is 0.723. The first-order chi connectivity index (χ1) is 11.2. The molecule has 2 bridgehead atoms. The molecule has 24 heavy (non-hydrogen) atoms. The van der Waals surface area contributed by atoms with Crippen molar-refractivity contribution in [2.24, 2.45) is 34.0 Å². The molecule has 5 fully saturated rings. The van der Waals surface area contributed by atoms with Gasteiger partial charge < -0.3 is 10.2 Å². The molecule has 0 heterocycles. The van der Waals surface area contributed by atoms with E-state index in [9.17, 15) is 19.8 Å². The van der Waals surface area contributed by atoms with E-state index in [1.807, 2.05) is 6.92 Å². The SMILES string of the molecule is C=C1CC23CCC4C(C)(CO)C(=O)CCC4(C)C2CC1C(O)C3=O. The number of carbonyl (C=O) groups excluding carboxylic acids is 2. The van der Waals surface area contributed by atoms with Gasteiger partial charge in [-0.15, -0.1) is 0 Å². The van der Waals surface area contributed by atoms with Crippen LogP contribution in [0.25, 0.3) is 0 Å².